The number of nitrogens with zero attached hydrogens (tertiary/aromatic N) is 2. The van der Waals surface area contributed by atoms with Gasteiger partial charge in [-0.3, -0.25) is 9.48 Å². The molecule has 0 atom stereocenters. The van der Waals surface area contributed by atoms with E-state index in [1.807, 2.05) is 20.0 Å². The van der Waals surface area contributed by atoms with Crippen molar-refractivity contribution in [3.05, 3.63) is 18.0 Å². The Balaban J connectivity index is 1.94. The van der Waals surface area contributed by atoms with Crippen molar-refractivity contribution in [1.82, 2.24) is 20.4 Å². The normalized spacial score (nSPS) is 17.9. The largest absolute Gasteiger partial charge is 0.384 e. The Morgan fingerprint density at radius 2 is 2.24 bits per heavy atom. The highest BCUT2D eigenvalue weighted by atomic mass is 16.5. The monoisotopic (exact) mass is 294 g/mol. The smallest absolute Gasteiger partial charge is 0.271 e. The van der Waals surface area contributed by atoms with Gasteiger partial charge in [-0.25, -0.2) is 0 Å². The van der Waals surface area contributed by atoms with Crippen LogP contribution < -0.4 is 10.6 Å². The molecule has 0 radical (unpaired) electrons. The number of hydrogen-bond donors (Lipinski definition) is 2. The van der Waals surface area contributed by atoms with E-state index in [4.69, 9.17) is 4.74 Å². The Hall–Kier alpha value is -1.40. The summed E-state index contributed by atoms with van der Waals surface area (Å²) in [5, 5.41) is 10.7. The predicted octanol–water partition coefficient (Wildman–Crippen LogP) is 1.21. The molecule has 0 aliphatic carbocycles. The molecule has 2 heterocycles. The fourth-order valence-corrected chi connectivity index (χ4v) is 2.74. The summed E-state index contributed by atoms with van der Waals surface area (Å²) in [5.41, 5.74) is 0.515. The van der Waals surface area contributed by atoms with E-state index in [1.54, 1.807) is 17.9 Å². The number of aromatic nitrogens is 2. The molecule has 2 N–H and O–H groups in total. The van der Waals surface area contributed by atoms with Crippen LogP contribution >= 0.6 is 0 Å². The second-order valence-electron chi connectivity index (χ2n) is 6.14. The van der Waals surface area contributed by atoms with E-state index in [1.165, 1.54) is 0 Å². The van der Waals surface area contributed by atoms with Gasteiger partial charge in [0.1, 0.15) is 5.69 Å². The van der Waals surface area contributed by atoms with Crippen molar-refractivity contribution in [2.75, 3.05) is 33.4 Å². The molecule has 1 aliphatic rings. The molecule has 1 aliphatic heterocycles. The number of nitrogens with one attached hydrogen (secondary N) is 2. The molecule has 0 saturated carbocycles. The highest BCUT2D eigenvalue weighted by Gasteiger charge is 2.32. The fourth-order valence-electron chi connectivity index (χ4n) is 2.74. The lowest BCUT2D eigenvalue weighted by molar-refractivity contribution is 0.0510. The van der Waals surface area contributed by atoms with Crippen LogP contribution in [0.4, 0.5) is 0 Å². The molecule has 1 aromatic heterocycles. The zero-order chi connectivity index (χ0) is 15.3. The van der Waals surface area contributed by atoms with Crippen LogP contribution in [0.5, 0.6) is 0 Å². The first-order valence-corrected chi connectivity index (χ1v) is 7.59. The third kappa shape index (κ3) is 4.04. The van der Waals surface area contributed by atoms with E-state index < -0.39 is 0 Å². The zero-order valence-electron chi connectivity index (χ0n) is 13.2. The minimum atomic E-state index is -0.108. The molecule has 6 nitrogen and oxygen atoms in total. The summed E-state index contributed by atoms with van der Waals surface area (Å²) in [6, 6.07) is 2.02. The summed E-state index contributed by atoms with van der Waals surface area (Å²) in [4.78, 5) is 12.2. The fraction of sp³-hybridized carbons (Fsp3) is 0.733. The van der Waals surface area contributed by atoms with Crippen molar-refractivity contribution in [2.45, 2.75) is 32.7 Å². The Morgan fingerprint density at radius 1 is 1.52 bits per heavy atom. The minimum absolute atomic E-state index is 0.0380. The van der Waals surface area contributed by atoms with Gasteiger partial charge in [0.2, 0.25) is 0 Å². The van der Waals surface area contributed by atoms with E-state index in [0.29, 0.717) is 18.8 Å². The van der Waals surface area contributed by atoms with Crippen molar-refractivity contribution >= 4 is 5.91 Å². The summed E-state index contributed by atoms with van der Waals surface area (Å²) >= 11 is 0. The number of carbonyl (C=O) groups is 1. The van der Waals surface area contributed by atoms with Crippen molar-refractivity contribution in [1.29, 1.82) is 0 Å². The average molecular weight is 294 g/mol. The van der Waals surface area contributed by atoms with Crippen molar-refractivity contribution in [2.24, 2.45) is 5.41 Å². The molecule has 6 heteroatoms. The highest BCUT2D eigenvalue weighted by molar-refractivity contribution is 5.92. The van der Waals surface area contributed by atoms with Crippen LogP contribution in [0.1, 0.15) is 43.2 Å². The van der Waals surface area contributed by atoms with Crippen molar-refractivity contribution in [3.8, 4) is 0 Å². The number of carbonyl (C=O) groups excluding carboxylic acids is 1. The van der Waals surface area contributed by atoms with Gasteiger partial charge in [-0.15, -0.1) is 0 Å². The Morgan fingerprint density at radius 3 is 2.81 bits per heavy atom. The maximum absolute atomic E-state index is 12.2. The van der Waals surface area contributed by atoms with E-state index in [0.717, 1.165) is 25.9 Å². The van der Waals surface area contributed by atoms with Crippen LogP contribution in [0.25, 0.3) is 0 Å². The molecule has 1 amide bonds. The number of amides is 1. The van der Waals surface area contributed by atoms with Gasteiger partial charge in [-0.2, -0.15) is 5.10 Å². The third-order valence-electron chi connectivity index (χ3n) is 4.11. The molecule has 118 valence electrons. The summed E-state index contributed by atoms with van der Waals surface area (Å²) in [7, 11) is 1.72. The average Bonchev–Trinajstić information content (AvgIpc) is 2.96. The molecular weight excluding hydrogens is 268 g/mol. The topological polar surface area (TPSA) is 68.2 Å². The molecule has 0 aromatic carbocycles. The molecule has 0 unspecified atom stereocenters. The molecule has 21 heavy (non-hydrogen) atoms. The van der Waals surface area contributed by atoms with Gasteiger partial charge >= 0.3 is 0 Å². The lowest BCUT2D eigenvalue weighted by Crippen LogP contribution is -2.47. The van der Waals surface area contributed by atoms with Crippen LogP contribution in [0.15, 0.2) is 12.3 Å². The van der Waals surface area contributed by atoms with E-state index >= 15 is 0 Å². The van der Waals surface area contributed by atoms with Crippen LogP contribution in [-0.2, 0) is 4.74 Å². The van der Waals surface area contributed by atoms with Gasteiger partial charge in [0.25, 0.3) is 5.91 Å². The molecule has 1 aromatic rings. The van der Waals surface area contributed by atoms with Gasteiger partial charge in [0, 0.05) is 31.3 Å². The predicted molar refractivity (Wildman–Crippen MR) is 81.4 cm³/mol. The summed E-state index contributed by atoms with van der Waals surface area (Å²) in [6.45, 7) is 7.34. The molecule has 2 rings (SSSR count). The summed E-state index contributed by atoms with van der Waals surface area (Å²) < 4.78 is 7.16. The number of methoxy groups -OCH3 is 1. The minimum Gasteiger partial charge on any atom is -0.384 e. The molecule has 0 spiro atoms. The lowest BCUT2D eigenvalue weighted by Gasteiger charge is -2.37. The number of piperidine rings is 1. The zero-order valence-corrected chi connectivity index (χ0v) is 13.2. The molecule has 1 fully saturated rings. The van der Waals surface area contributed by atoms with Gasteiger partial charge in [-0.1, -0.05) is 0 Å². The Kier molecular flexibility index (Phi) is 5.36. The Labute approximate surface area is 126 Å². The van der Waals surface area contributed by atoms with Crippen LogP contribution in [0.2, 0.25) is 0 Å². The first-order valence-electron chi connectivity index (χ1n) is 7.59. The van der Waals surface area contributed by atoms with E-state index in [9.17, 15) is 4.79 Å². The molecule has 1 saturated heterocycles. The van der Waals surface area contributed by atoms with Gasteiger partial charge < -0.3 is 15.4 Å². The van der Waals surface area contributed by atoms with E-state index in [-0.39, 0.29) is 17.4 Å². The second-order valence-corrected chi connectivity index (χ2v) is 6.14. The maximum atomic E-state index is 12.2. The van der Waals surface area contributed by atoms with E-state index in [2.05, 4.69) is 15.7 Å². The van der Waals surface area contributed by atoms with Gasteiger partial charge in [0.15, 0.2) is 0 Å². The van der Waals surface area contributed by atoms with Gasteiger partial charge in [0.05, 0.1) is 6.61 Å². The molecule has 0 bridgehead atoms. The maximum Gasteiger partial charge on any atom is 0.271 e. The lowest BCUT2D eigenvalue weighted by atomic mass is 9.79. The van der Waals surface area contributed by atoms with Gasteiger partial charge in [-0.05, 0) is 45.8 Å². The number of rotatable bonds is 6. The van der Waals surface area contributed by atoms with Crippen molar-refractivity contribution < 1.29 is 9.53 Å². The summed E-state index contributed by atoms with van der Waals surface area (Å²) in [6.07, 6.45) is 3.87. The number of ether oxygens (including phenoxy) is 1. The third-order valence-corrected chi connectivity index (χ3v) is 4.11. The summed E-state index contributed by atoms with van der Waals surface area (Å²) in [5.74, 6) is -0.108. The van der Waals surface area contributed by atoms with Crippen LogP contribution in [0.3, 0.4) is 0 Å². The number of hydrogen-bond acceptors (Lipinski definition) is 4. The SMILES string of the molecule is COCC1(CNC(=O)c2ccn(C(C)C)n2)CCNCC1. The van der Waals surface area contributed by atoms with Crippen molar-refractivity contribution in [3.63, 3.8) is 0 Å². The highest BCUT2D eigenvalue weighted by Crippen LogP contribution is 2.28. The first-order chi connectivity index (χ1) is 10.1. The van der Waals surface area contributed by atoms with Crippen LogP contribution in [0, 0.1) is 5.41 Å². The standard InChI is InChI=1S/C15H26N4O2/c1-12(2)19-9-4-13(18-19)14(20)17-10-15(11-21-3)5-7-16-8-6-15/h4,9,12,16H,5-8,10-11H2,1-3H3,(H,17,20). The van der Waals surface area contributed by atoms with Crippen LogP contribution in [-0.4, -0.2) is 49.0 Å². The first kappa shape index (κ1) is 16.0. The quantitative estimate of drug-likeness (QED) is 0.827. The second kappa shape index (κ2) is 7.04. The molecular formula is C15H26N4O2. The Bertz CT molecular complexity index is 458.